The minimum Gasteiger partial charge on any atom is -0.322 e. The van der Waals surface area contributed by atoms with Crippen molar-refractivity contribution in [3.63, 3.8) is 0 Å². The van der Waals surface area contributed by atoms with Gasteiger partial charge < -0.3 is 4.90 Å². The standard InChI is InChI=1S/C19H20N2O/c1-2-20-14-19(12-15-8-6-7-9-16(15)13-19)21(18(20)22)17-10-4-3-5-11-17/h3-11H,2,12-14H2,1H3. The number of hydrogen-bond acceptors (Lipinski definition) is 1. The predicted molar refractivity (Wildman–Crippen MR) is 88.1 cm³/mol. The first-order valence-electron chi connectivity index (χ1n) is 7.94. The Morgan fingerprint density at radius 3 is 2.14 bits per heavy atom. The quantitative estimate of drug-likeness (QED) is 0.831. The van der Waals surface area contributed by atoms with Crippen molar-refractivity contribution in [2.24, 2.45) is 0 Å². The summed E-state index contributed by atoms with van der Waals surface area (Å²) in [6.45, 7) is 3.63. The maximum absolute atomic E-state index is 12.9. The van der Waals surface area contributed by atoms with E-state index < -0.39 is 0 Å². The fourth-order valence-corrected chi connectivity index (χ4v) is 3.99. The van der Waals surface area contributed by atoms with Crippen molar-refractivity contribution in [3.8, 4) is 0 Å². The van der Waals surface area contributed by atoms with Crippen LogP contribution < -0.4 is 4.90 Å². The number of likely N-dealkylation sites (N-methyl/N-ethyl adjacent to an activating group) is 1. The number of benzene rings is 2. The maximum atomic E-state index is 12.9. The molecule has 1 heterocycles. The van der Waals surface area contributed by atoms with Gasteiger partial charge in [-0.05, 0) is 43.0 Å². The lowest BCUT2D eigenvalue weighted by atomic mass is 9.94. The van der Waals surface area contributed by atoms with E-state index in [2.05, 4.69) is 31.2 Å². The van der Waals surface area contributed by atoms with E-state index >= 15 is 0 Å². The Kier molecular flexibility index (Phi) is 2.96. The molecule has 1 aliphatic heterocycles. The van der Waals surface area contributed by atoms with Crippen molar-refractivity contribution < 1.29 is 4.79 Å². The topological polar surface area (TPSA) is 23.6 Å². The van der Waals surface area contributed by atoms with Crippen molar-refractivity contribution in [2.75, 3.05) is 18.0 Å². The summed E-state index contributed by atoms with van der Waals surface area (Å²) >= 11 is 0. The molecule has 0 atom stereocenters. The zero-order valence-electron chi connectivity index (χ0n) is 12.8. The molecule has 1 fully saturated rings. The molecule has 0 saturated carbocycles. The lowest BCUT2D eigenvalue weighted by molar-refractivity contribution is 0.222. The van der Waals surface area contributed by atoms with Gasteiger partial charge in [0.2, 0.25) is 0 Å². The molecule has 2 amide bonds. The molecule has 3 nitrogen and oxygen atoms in total. The molecule has 0 aromatic heterocycles. The van der Waals surface area contributed by atoms with E-state index in [0.29, 0.717) is 0 Å². The lowest BCUT2D eigenvalue weighted by Gasteiger charge is -2.33. The Bertz CT molecular complexity index is 685. The smallest absolute Gasteiger partial charge is 0.322 e. The molecule has 2 aromatic rings. The SMILES string of the molecule is CCN1CC2(Cc3ccccc3C2)N(c2ccccc2)C1=O. The van der Waals surface area contributed by atoms with Crippen LogP contribution in [0, 0.1) is 0 Å². The molecule has 2 aliphatic rings. The largest absolute Gasteiger partial charge is 0.325 e. The summed E-state index contributed by atoms with van der Waals surface area (Å²) in [5.41, 5.74) is 3.65. The van der Waals surface area contributed by atoms with Gasteiger partial charge in [-0.15, -0.1) is 0 Å². The van der Waals surface area contributed by atoms with Crippen LogP contribution in [0.5, 0.6) is 0 Å². The average Bonchev–Trinajstić information content (AvgIpc) is 3.04. The van der Waals surface area contributed by atoms with Gasteiger partial charge in [-0.2, -0.15) is 0 Å². The molecule has 0 radical (unpaired) electrons. The van der Waals surface area contributed by atoms with Gasteiger partial charge in [0.05, 0.1) is 5.54 Å². The number of carbonyl (C=O) groups excluding carboxylic acids is 1. The average molecular weight is 292 g/mol. The highest BCUT2D eigenvalue weighted by molar-refractivity contribution is 5.96. The zero-order valence-corrected chi connectivity index (χ0v) is 12.8. The first-order valence-corrected chi connectivity index (χ1v) is 7.94. The van der Waals surface area contributed by atoms with Gasteiger partial charge in [0.1, 0.15) is 0 Å². The van der Waals surface area contributed by atoms with Crippen LogP contribution in [-0.4, -0.2) is 29.6 Å². The molecule has 112 valence electrons. The summed E-state index contributed by atoms with van der Waals surface area (Å²) in [7, 11) is 0. The van der Waals surface area contributed by atoms with E-state index in [4.69, 9.17) is 0 Å². The summed E-state index contributed by atoms with van der Waals surface area (Å²) in [4.78, 5) is 16.9. The van der Waals surface area contributed by atoms with Gasteiger partial charge in [-0.3, -0.25) is 4.90 Å². The lowest BCUT2D eigenvalue weighted by Crippen LogP contribution is -2.48. The van der Waals surface area contributed by atoms with Gasteiger partial charge in [0, 0.05) is 18.8 Å². The molecule has 0 bridgehead atoms. The van der Waals surface area contributed by atoms with Crippen LogP contribution in [0.15, 0.2) is 54.6 Å². The van der Waals surface area contributed by atoms with E-state index in [9.17, 15) is 4.79 Å². The number of fused-ring (bicyclic) bond motifs is 1. The van der Waals surface area contributed by atoms with Crippen molar-refractivity contribution in [2.45, 2.75) is 25.3 Å². The third-order valence-electron chi connectivity index (χ3n) is 4.97. The Morgan fingerprint density at radius 1 is 0.955 bits per heavy atom. The van der Waals surface area contributed by atoms with E-state index in [1.54, 1.807) is 0 Å². The van der Waals surface area contributed by atoms with Crippen molar-refractivity contribution in [3.05, 3.63) is 65.7 Å². The second-order valence-corrected chi connectivity index (χ2v) is 6.31. The van der Waals surface area contributed by atoms with Crippen LogP contribution in [-0.2, 0) is 12.8 Å². The number of hydrogen-bond donors (Lipinski definition) is 0. The van der Waals surface area contributed by atoms with E-state index in [0.717, 1.165) is 31.6 Å². The van der Waals surface area contributed by atoms with Gasteiger partial charge >= 0.3 is 6.03 Å². The van der Waals surface area contributed by atoms with Gasteiger partial charge in [0.25, 0.3) is 0 Å². The van der Waals surface area contributed by atoms with Gasteiger partial charge in [0.15, 0.2) is 0 Å². The third kappa shape index (κ3) is 1.85. The number of carbonyl (C=O) groups is 1. The number of para-hydroxylation sites is 1. The molecular formula is C19H20N2O. The molecule has 1 aliphatic carbocycles. The normalized spacial score (nSPS) is 19.0. The highest BCUT2D eigenvalue weighted by atomic mass is 16.2. The van der Waals surface area contributed by atoms with Gasteiger partial charge in [-0.1, -0.05) is 42.5 Å². The second-order valence-electron chi connectivity index (χ2n) is 6.31. The summed E-state index contributed by atoms with van der Waals surface area (Å²) in [5, 5.41) is 0. The van der Waals surface area contributed by atoms with Crippen LogP contribution in [0.4, 0.5) is 10.5 Å². The number of amides is 2. The zero-order chi connectivity index (χ0) is 15.2. The fraction of sp³-hybridized carbons (Fsp3) is 0.316. The second kappa shape index (κ2) is 4.87. The summed E-state index contributed by atoms with van der Waals surface area (Å²) < 4.78 is 0. The van der Waals surface area contributed by atoms with E-state index in [-0.39, 0.29) is 11.6 Å². The Labute approximate surface area is 131 Å². The molecule has 0 N–H and O–H groups in total. The Hall–Kier alpha value is -2.29. The van der Waals surface area contributed by atoms with Crippen LogP contribution in [0.1, 0.15) is 18.1 Å². The first-order chi connectivity index (χ1) is 10.7. The van der Waals surface area contributed by atoms with E-state index in [1.165, 1.54) is 11.1 Å². The van der Waals surface area contributed by atoms with Crippen LogP contribution >= 0.6 is 0 Å². The Morgan fingerprint density at radius 2 is 1.55 bits per heavy atom. The molecular weight excluding hydrogens is 272 g/mol. The minimum absolute atomic E-state index is 0.127. The van der Waals surface area contributed by atoms with Crippen molar-refractivity contribution in [1.82, 2.24) is 4.90 Å². The highest BCUT2D eigenvalue weighted by Crippen LogP contribution is 2.42. The first kappa shape index (κ1) is 13.4. The Balaban J connectivity index is 1.79. The third-order valence-corrected chi connectivity index (χ3v) is 4.97. The molecule has 4 rings (SSSR count). The minimum atomic E-state index is -0.127. The highest BCUT2D eigenvalue weighted by Gasteiger charge is 2.52. The maximum Gasteiger partial charge on any atom is 0.325 e. The molecule has 1 spiro atoms. The van der Waals surface area contributed by atoms with Crippen LogP contribution in [0.3, 0.4) is 0 Å². The molecule has 2 aromatic carbocycles. The molecule has 0 unspecified atom stereocenters. The van der Waals surface area contributed by atoms with Crippen molar-refractivity contribution >= 4 is 11.7 Å². The van der Waals surface area contributed by atoms with Crippen LogP contribution in [0.25, 0.3) is 0 Å². The molecule has 22 heavy (non-hydrogen) atoms. The summed E-state index contributed by atoms with van der Waals surface area (Å²) in [5.74, 6) is 0. The predicted octanol–water partition coefficient (Wildman–Crippen LogP) is 3.49. The summed E-state index contributed by atoms with van der Waals surface area (Å²) in [6.07, 6.45) is 1.89. The number of anilines is 1. The summed E-state index contributed by atoms with van der Waals surface area (Å²) in [6, 6.07) is 18.8. The van der Waals surface area contributed by atoms with Gasteiger partial charge in [-0.25, -0.2) is 4.79 Å². The van der Waals surface area contributed by atoms with Crippen LogP contribution in [0.2, 0.25) is 0 Å². The number of urea groups is 1. The molecule has 1 saturated heterocycles. The van der Waals surface area contributed by atoms with Crippen molar-refractivity contribution in [1.29, 1.82) is 0 Å². The molecule has 3 heteroatoms. The van der Waals surface area contributed by atoms with E-state index in [1.807, 2.05) is 40.1 Å². The fourth-order valence-electron chi connectivity index (χ4n) is 3.99. The number of nitrogens with zero attached hydrogens (tertiary/aromatic N) is 2. The monoisotopic (exact) mass is 292 g/mol. The number of rotatable bonds is 2.